The number of nitrogens with zero attached hydrogens (tertiary/aromatic N) is 5. The van der Waals surface area contributed by atoms with Gasteiger partial charge in [0.25, 0.3) is 0 Å². The van der Waals surface area contributed by atoms with E-state index in [4.69, 9.17) is 9.15 Å². The molecule has 7 nitrogen and oxygen atoms in total. The standard InChI is InChI=1S/C18H21N5O2S/c1-13-15(19-16(25-13)14-6-4-3-5-7-14)12-26-18-21-20-17(22(18)2)23-8-10-24-11-9-23/h3-7H,8-12H2,1-2H3. The molecule has 1 aliphatic rings. The molecule has 1 aliphatic heterocycles. The zero-order chi connectivity index (χ0) is 17.9. The second-order valence-electron chi connectivity index (χ2n) is 6.12. The van der Waals surface area contributed by atoms with Gasteiger partial charge in [0.2, 0.25) is 11.8 Å². The average molecular weight is 371 g/mol. The molecular formula is C18H21N5O2S. The fraction of sp³-hybridized carbons (Fsp3) is 0.389. The van der Waals surface area contributed by atoms with Crippen LogP contribution in [0.5, 0.6) is 0 Å². The van der Waals surface area contributed by atoms with Crippen LogP contribution in [0.1, 0.15) is 11.5 Å². The maximum absolute atomic E-state index is 5.83. The van der Waals surface area contributed by atoms with Crippen molar-refractivity contribution in [3.05, 3.63) is 41.8 Å². The van der Waals surface area contributed by atoms with Crippen LogP contribution in [0.2, 0.25) is 0 Å². The van der Waals surface area contributed by atoms with Gasteiger partial charge in [0, 0.05) is 31.5 Å². The quantitative estimate of drug-likeness (QED) is 0.639. The summed E-state index contributed by atoms with van der Waals surface area (Å²) in [6.45, 7) is 5.11. The first kappa shape index (κ1) is 17.1. The highest BCUT2D eigenvalue weighted by Gasteiger charge is 2.19. The zero-order valence-corrected chi connectivity index (χ0v) is 15.7. The van der Waals surface area contributed by atoms with E-state index in [1.165, 1.54) is 0 Å². The van der Waals surface area contributed by atoms with E-state index in [9.17, 15) is 0 Å². The van der Waals surface area contributed by atoms with Gasteiger partial charge < -0.3 is 14.1 Å². The Hall–Kier alpha value is -2.32. The molecule has 0 unspecified atom stereocenters. The number of anilines is 1. The number of oxazole rings is 1. The van der Waals surface area contributed by atoms with Gasteiger partial charge in [0.15, 0.2) is 5.16 Å². The number of hydrogen-bond donors (Lipinski definition) is 0. The molecule has 0 amide bonds. The Labute approximate surface area is 156 Å². The Morgan fingerprint density at radius 3 is 2.65 bits per heavy atom. The lowest BCUT2D eigenvalue weighted by atomic mass is 10.2. The Bertz CT molecular complexity index is 871. The molecule has 0 spiro atoms. The molecule has 3 heterocycles. The normalized spacial score (nSPS) is 14.8. The number of thioether (sulfide) groups is 1. The van der Waals surface area contributed by atoms with Gasteiger partial charge in [-0.15, -0.1) is 10.2 Å². The van der Waals surface area contributed by atoms with Crippen molar-refractivity contribution in [1.29, 1.82) is 0 Å². The maximum Gasteiger partial charge on any atom is 0.227 e. The van der Waals surface area contributed by atoms with Gasteiger partial charge in [-0.3, -0.25) is 4.57 Å². The van der Waals surface area contributed by atoms with Crippen LogP contribution < -0.4 is 4.90 Å². The molecule has 1 aromatic carbocycles. The van der Waals surface area contributed by atoms with E-state index in [0.717, 1.165) is 54.4 Å². The number of aryl methyl sites for hydroxylation is 1. The molecule has 26 heavy (non-hydrogen) atoms. The summed E-state index contributed by atoms with van der Waals surface area (Å²) in [5, 5.41) is 9.55. The van der Waals surface area contributed by atoms with Crippen LogP contribution in [-0.4, -0.2) is 46.1 Å². The fourth-order valence-corrected chi connectivity index (χ4v) is 3.78. The minimum Gasteiger partial charge on any atom is -0.441 e. The Balaban J connectivity index is 1.46. The molecule has 0 aliphatic carbocycles. The summed E-state index contributed by atoms with van der Waals surface area (Å²) in [5.41, 5.74) is 1.92. The highest BCUT2D eigenvalue weighted by atomic mass is 32.2. The first-order chi connectivity index (χ1) is 12.7. The van der Waals surface area contributed by atoms with Crippen LogP contribution >= 0.6 is 11.8 Å². The van der Waals surface area contributed by atoms with Gasteiger partial charge in [-0.2, -0.15) is 0 Å². The van der Waals surface area contributed by atoms with Crippen LogP contribution in [0.3, 0.4) is 0 Å². The van der Waals surface area contributed by atoms with E-state index in [-0.39, 0.29) is 0 Å². The molecule has 0 saturated carbocycles. The first-order valence-electron chi connectivity index (χ1n) is 8.59. The largest absolute Gasteiger partial charge is 0.441 e. The lowest BCUT2D eigenvalue weighted by Gasteiger charge is -2.27. The van der Waals surface area contributed by atoms with Crippen LogP contribution in [-0.2, 0) is 17.5 Å². The van der Waals surface area contributed by atoms with Gasteiger partial charge in [-0.05, 0) is 19.1 Å². The zero-order valence-electron chi connectivity index (χ0n) is 14.9. The van der Waals surface area contributed by atoms with Gasteiger partial charge >= 0.3 is 0 Å². The smallest absolute Gasteiger partial charge is 0.227 e. The van der Waals surface area contributed by atoms with Crippen LogP contribution in [0.25, 0.3) is 11.5 Å². The van der Waals surface area contributed by atoms with E-state index < -0.39 is 0 Å². The number of benzene rings is 1. The highest BCUT2D eigenvalue weighted by molar-refractivity contribution is 7.98. The summed E-state index contributed by atoms with van der Waals surface area (Å²) >= 11 is 1.62. The summed E-state index contributed by atoms with van der Waals surface area (Å²) in [5.74, 6) is 3.08. The van der Waals surface area contributed by atoms with E-state index >= 15 is 0 Å². The van der Waals surface area contributed by atoms with Crippen LogP contribution in [0.4, 0.5) is 5.95 Å². The summed E-state index contributed by atoms with van der Waals surface area (Å²) in [7, 11) is 2.00. The molecule has 8 heteroatoms. The van der Waals surface area contributed by atoms with E-state index in [2.05, 4.69) is 20.1 Å². The molecule has 4 rings (SSSR count). The lowest BCUT2D eigenvalue weighted by molar-refractivity contribution is 0.121. The molecule has 1 fully saturated rings. The summed E-state index contributed by atoms with van der Waals surface area (Å²) in [6, 6.07) is 9.95. The molecule has 0 N–H and O–H groups in total. The minimum absolute atomic E-state index is 0.658. The molecule has 1 saturated heterocycles. The number of aromatic nitrogens is 4. The van der Waals surface area contributed by atoms with Crippen molar-refractivity contribution in [3.8, 4) is 11.5 Å². The molecule has 3 aromatic rings. The third-order valence-electron chi connectivity index (χ3n) is 4.36. The second-order valence-corrected chi connectivity index (χ2v) is 7.06. The van der Waals surface area contributed by atoms with Crippen LogP contribution in [0.15, 0.2) is 39.9 Å². The van der Waals surface area contributed by atoms with Gasteiger partial charge in [-0.1, -0.05) is 30.0 Å². The molecule has 2 aromatic heterocycles. The topological polar surface area (TPSA) is 69.2 Å². The number of ether oxygens (including phenoxy) is 1. The first-order valence-corrected chi connectivity index (χ1v) is 9.57. The third-order valence-corrected chi connectivity index (χ3v) is 5.39. The predicted molar refractivity (Wildman–Crippen MR) is 100 cm³/mol. The summed E-state index contributed by atoms with van der Waals surface area (Å²) in [4.78, 5) is 6.85. The SMILES string of the molecule is Cc1oc(-c2ccccc2)nc1CSc1nnc(N2CCOCC2)n1C. The molecule has 0 atom stereocenters. The van der Waals surface area contributed by atoms with Gasteiger partial charge in [0.05, 0.1) is 18.9 Å². The van der Waals surface area contributed by atoms with E-state index in [1.54, 1.807) is 11.8 Å². The predicted octanol–water partition coefficient (Wildman–Crippen LogP) is 2.91. The summed E-state index contributed by atoms with van der Waals surface area (Å²) in [6.07, 6.45) is 0. The maximum atomic E-state index is 5.83. The van der Waals surface area contributed by atoms with E-state index in [1.807, 2.05) is 48.9 Å². The van der Waals surface area contributed by atoms with Crippen molar-refractivity contribution in [2.75, 3.05) is 31.2 Å². The number of morpholine rings is 1. The van der Waals surface area contributed by atoms with Gasteiger partial charge in [-0.25, -0.2) is 4.98 Å². The Morgan fingerprint density at radius 1 is 1.12 bits per heavy atom. The van der Waals surface area contributed by atoms with Gasteiger partial charge in [0.1, 0.15) is 5.76 Å². The fourth-order valence-electron chi connectivity index (χ4n) is 2.87. The molecule has 136 valence electrons. The second kappa shape index (κ2) is 7.51. The van der Waals surface area contributed by atoms with E-state index in [0.29, 0.717) is 11.6 Å². The van der Waals surface area contributed by atoms with Crippen molar-refractivity contribution >= 4 is 17.7 Å². The third kappa shape index (κ3) is 3.47. The highest BCUT2D eigenvalue weighted by Crippen LogP contribution is 2.28. The molecular weight excluding hydrogens is 350 g/mol. The number of hydrogen-bond acceptors (Lipinski definition) is 7. The average Bonchev–Trinajstić information content (AvgIpc) is 3.24. The van der Waals surface area contributed by atoms with Crippen molar-refractivity contribution in [3.63, 3.8) is 0 Å². The van der Waals surface area contributed by atoms with Crippen LogP contribution in [0, 0.1) is 6.92 Å². The lowest BCUT2D eigenvalue weighted by Crippen LogP contribution is -2.37. The molecule has 0 bridgehead atoms. The van der Waals surface area contributed by atoms with Crippen molar-refractivity contribution in [2.45, 2.75) is 17.8 Å². The molecule has 0 radical (unpaired) electrons. The monoisotopic (exact) mass is 371 g/mol. The van der Waals surface area contributed by atoms with Crippen molar-refractivity contribution in [1.82, 2.24) is 19.7 Å². The Morgan fingerprint density at radius 2 is 1.88 bits per heavy atom. The van der Waals surface area contributed by atoms with Crippen molar-refractivity contribution < 1.29 is 9.15 Å². The van der Waals surface area contributed by atoms with Crippen molar-refractivity contribution in [2.24, 2.45) is 7.05 Å². The summed E-state index contributed by atoms with van der Waals surface area (Å²) < 4.78 is 13.3. The minimum atomic E-state index is 0.658. The Kier molecular flexibility index (Phi) is 4.94. The number of rotatable bonds is 5.